The number of benzene rings is 2. The van der Waals surface area contributed by atoms with Crippen molar-refractivity contribution >= 4 is 17.3 Å². The summed E-state index contributed by atoms with van der Waals surface area (Å²) >= 11 is 5.78. The van der Waals surface area contributed by atoms with Crippen LogP contribution in [0.25, 0.3) is 0 Å². The largest absolute Gasteiger partial charge is 0.508 e. The summed E-state index contributed by atoms with van der Waals surface area (Å²) in [7, 11) is 0. The first kappa shape index (κ1) is 11.7. The molecule has 0 heterocycles. The lowest BCUT2D eigenvalue weighted by atomic mass is 10.2. The molecule has 0 aliphatic heterocycles. The Bertz CT molecular complexity index is 531. The van der Waals surface area contributed by atoms with Crippen molar-refractivity contribution in [2.45, 2.75) is 6.54 Å². The van der Waals surface area contributed by atoms with Crippen molar-refractivity contribution in [2.24, 2.45) is 0 Å². The third kappa shape index (κ3) is 3.11. The molecule has 2 aromatic rings. The number of anilines is 1. The molecule has 2 N–H and O–H groups in total. The van der Waals surface area contributed by atoms with Gasteiger partial charge in [-0.25, -0.2) is 4.39 Å². The van der Waals surface area contributed by atoms with Gasteiger partial charge < -0.3 is 10.4 Å². The van der Waals surface area contributed by atoms with Gasteiger partial charge in [0.1, 0.15) is 11.6 Å². The molecule has 0 spiro atoms. The Morgan fingerprint density at radius 1 is 1.18 bits per heavy atom. The molecule has 17 heavy (non-hydrogen) atoms. The molecule has 2 nitrogen and oxygen atoms in total. The second-order valence-electron chi connectivity index (χ2n) is 3.65. The van der Waals surface area contributed by atoms with Gasteiger partial charge in [-0.15, -0.1) is 0 Å². The van der Waals surface area contributed by atoms with Gasteiger partial charge in [0, 0.05) is 11.6 Å². The van der Waals surface area contributed by atoms with Crippen molar-refractivity contribution in [3.8, 4) is 5.75 Å². The number of rotatable bonds is 3. The summed E-state index contributed by atoms with van der Waals surface area (Å²) < 4.78 is 13.4. The van der Waals surface area contributed by atoms with Crippen molar-refractivity contribution in [1.82, 2.24) is 0 Å². The molecule has 0 bridgehead atoms. The molecule has 0 aliphatic carbocycles. The predicted molar refractivity (Wildman–Crippen MR) is 66.8 cm³/mol. The van der Waals surface area contributed by atoms with E-state index in [1.54, 1.807) is 18.2 Å². The minimum absolute atomic E-state index is 0.191. The number of hydrogen-bond donors (Lipinski definition) is 2. The van der Waals surface area contributed by atoms with Crippen LogP contribution in [0.3, 0.4) is 0 Å². The molecule has 0 radical (unpaired) electrons. The third-order valence-corrected chi connectivity index (χ3v) is 2.56. The average Bonchev–Trinajstić information content (AvgIpc) is 2.30. The van der Waals surface area contributed by atoms with E-state index in [1.807, 2.05) is 6.07 Å². The van der Waals surface area contributed by atoms with Crippen LogP contribution in [0, 0.1) is 5.82 Å². The van der Waals surface area contributed by atoms with Crippen molar-refractivity contribution in [3.63, 3.8) is 0 Å². The monoisotopic (exact) mass is 251 g/mol. The van der Waals surface area contributed by atoms with E-state index < -0.39 is 0 Å². The molecule has 0 saturated carbocycles. The first-order valence-electron chi connectivity index (χ1n) is 5.12. The summed E-state index contributed by atoms with van der Waals surface area (Å²) in [4.78, 5) is 0. The quantitative estimate of drug-likeness (QED) is 0.870. The number of aromatic hydroxyl groups is 1. The van der Waals surface area contributed by atoms with E-state index in [0.29, 0.717) is 17.3 Å². The fraction of sp³-hybridized carbons (Fsp3) is 0.0769. The van der Waals surface area contributed by atoms with Crippen molar-refractivity contribution < 1.29 is 9.50 Å². The maximum absolute atomic E-state index is 13.4. The van der Waals surface area contributed by atoms with Crippen LogP contribution in [0.1, 0.15) is 5.56 Å². The molecule has 2 rings (SSSR count). The summed E-state index contributed by atoms with van der Waals surface area (Å²) in [5.74, 6) is -0.162. The Balaban J connectivity index is 2.09. The van der Waals surface area contributed by atoms with Gasteiger partial charge in [0.25, 0.3) is 0 Å². The Morgan fingerprint density at radius 2 is 2.00 bits per heavy atom. The summed E-state index contributed by atoms with van der Waals surface area (Å²) in [6.07, 6.45) is 0. The number of halogens is 2. The summed E-state index contributed by atoms with van der Waals surface area (Å²) in [5, 5.41) is 12.7. The Morgan fingerprint density at radius 3 is 2.76 bits per heavy atom. The average molecular weight is 252 g/mol. The molecule has 2 aromatic carbocycles. The zero-order chi connectivity index (χ0) is 12.3. The maximum Gasteiger partial charge on any atom is 0.146 e. The van der Waals surface area contributed by atoms with Crippen LogP contribution in [-0.2, 0) is 6.54 Å². The zero-order valence-corrected chi connectivity index (χ0v) is 9.71. The first-order valence-corrected chi connectivity index (χ1v) is 5.50. The number of hydrogen-bond acceptors (Lipinski definition) is 2. The van der Waals surface area contributed by atoms with Crippen LogP contribution < -0.4 is 5.32 Å². The van der Waals surface area contributed by atoms with E-state index in [2.05, 4.69) is 5.32 Å². The molecule has 0 atom stereocenters. The van der Waals surface area contributed by atoms with E-state index >= 15 is 0 Å². The molecule has 88 valence electrons. The van der Waals surface area contributed by atoms with Gasteiger partial charge in [0.15, 0.2) is 0 Å². The van der Waals surface area contributed by atoms with Gasteiger partial charge in [-0.2, -0.15) is 0 Å². The zero-order valence-electron chi connectivity index (χ0n) is 8.95. The van der Waals surface area contributed by atoms with Gasteiger partial charge in [-0.05, 0) is 35.9 Å². The van der Waals surface area contributed by atoms with Crippen LogP contribution >= 0.6 is 11.6 Å². The number of phenols is 1. The van der Waals surface area contributed by atoms with E-state index in [9.17, 15) is 9.50 Å². The summed E-state index contributed by atoms with van der Waals surface area (Å²) in [6, 6.07) is 11.1. The molecule has 0 saturated heterocycles. The van der Waals surface area contributed by atoms with Crippen molar-refractivity contribution in [3.05, 3.63) is 58.9 Å². The van der Waals surface area contributed by atoms with E-state index in [4.69, 9.17) is 11.6 Å². The maximum atomic E-state index is 13.4. The standard InChI is InChI=1S/C13H11ClFNO/c14-10-4-5-12(15)13(7-10)16-8-9-2-1-3-11(17)6-9/h1-7,16-17H,8H2. The lowest BCUT2D eigenvalue weighted by molar-refractivity contribution is 0.474. The molecular formula is C13H11ClFNO. The van der Waals surface area contributed by atoms with Crippen LogP contribution in [-0.4, -0.2) is 5.11 Å². The van der Waals surface area contributed by atoms with Gasteiger partial charge in [-0.1, -0.05) is 23.7 Å². The predicted octanol–water partition coefficient (Wildman–Crippen LogP) is 3.80. The number of nitrogens with one attached hydrogen (secondary N) is 1. The van der Waals surface area contributed by atoms with Gasteiger partial charge >= 0.3 is 0 Å². The second kappa shape index (κ2) is 5.06. The Labute approximate surface area is 104 Å². The van der Waals surface area contributed by atoms with Crippen LogP contribution in [0.4, 0.5) is 10.1 Å². The smallest absolute Gasteiger partial charge is 0.146 e. The molecule has 0 unspecified atom stereocenters. The van der Waals surface area contributed by atoms with E-state index in [0.717, 1.165) is 5.56 Å². The van der Waals surface area contributed by atoms with Crippen molar-refractivity contribution in [1.29, 1.82) is 0 Å². The van der Waals surface area contributed by atoms with Crippen molar-refractivity contribution in [2.75, 3.05) is 5.32 Å². The van der Waals surface area contributed by atoms with E-state index in [1.165, 1.54) is 18.2 Å². The van der Waals surface area contributed by atoms with Crippen LogP contribution in [0.5, 0.6) is 5.75 Å². The van der Waals surface area contributed by atoms with Gasteiger partial charge in [-0.3, -0.25) is 0 Å². The normalized spacial score (nSPS) is 10.2. The highest BCUT2D eigenvalue weighted by Gasteiger charge is 2.02. The minimum Gasteiger partial charge on any atom is -0.508 e. The highest BCUT2D eigenvalue weighted by molar-refractivity contribution is 6.30. The molecule has 4 heteroatoms. The molecule has 0 aromatic heterocycles. The lowest BCUT2D eigenvalue weighted by Crippen LogP contribution is -2.01. The molecule has 0 amide bonds. The van der Waals surface area contributed by atoms with Crippen LogP contribution in [0.15, 0.2) is 42.5 Å². The minimum atomic E-state index is -0.352. The van der Waals surface area contributed by atoms with Gasteiger partial charge in [0.2, 0.25) is 0 Å². The SMILES string of the molecule is Oc1cccc(CNc2cc(Cl)ccc2F)c1. The molecule has 0 aliphatic rings. The Hall–Kier alpha value is -1.74. The fourth-order valence-electron chi connectivity index (χ4n) is 1.50. The first-order chi connectivity index (χ1) is 8.15. The number of phenolic OH excluding ortho intramolecular Hbond substituents is 1. The van der Waals surface area contributed by atoms with Gasteiger partial charge in [0.05, 0.1) is 5.69 Å². The highest BCUT2D eigenvalue weighted by atomic mass is 35.5. The molecular weight excluding hydrogens is 241 g/mol. The summed E-state index contributed by atoms with van der Waals surface area (Å²) in [5.41, 5.74) is 1.21. The third-order valence-electron chi connectivity index (χ3n) is 2.32. The van der Waals surface area contributed by atoms with E-state index in [-0.39, 0.29) is 11.6 Å². The lowest BCUT2D eigenvalue weighted by Gasteiger charge is -2.08. The summed E-state index contributed by atoms with van der Waals surface area (Å²) in [6.45, 7) is 0.422. The topological polar surface area (TPSA) is 32.3 Å². The highest BCUT2D eigenvalue weighted by Crippen LogP contribution is 2.20. The molecule has 0 fully saturated rings. The van der Waals surface area contributed by atoms with Crippen LogP contribution in [0.2, 0.25) is 5.02 Å². The fourth-order valence-corrected chi connectivity index (χ4v) is 1.67. The second-order valence-corrected chi connectivity index (χ2v) is 4.08. The Kier molecular flexibility index (Phi) is 3.49.